The van der Waals surface area contributed by atoms with Crippen molar-refractivity contribution < 1.29 is 9.47 Å². The quantitative estimate of drug-likeness (QED) is 0.750. The number of aromatic nitrogens is 1. The number of benzene rings is 1. The topological polar surface area (TPSA) is 43.4 Å². The van der Waals surface area contributed by atoms with Gasteiger partial charge >= 0.3 is 0 Å². The summed E-state index contributed by atoms with van der Waals surface area (Å²) in [7, 11) is 0. The Morgan fingerprint density at radius 2 is 1.81 bits per heavy atom. The summed E-state index contributed by atoms with van der Waals surface area (Å²) in [6, 6.07) is 11.5. The molecule has 0 amide bonds. The van der Waals surface area contributed by atoms with E-state index in [1.807, 2.05) is 43.3 Å². The number of hydrogen-bond acceptors (Lipinski definition) is 4. The van der Waals surface area contributed by atoms with Crippen LogP contribution < -0.4 is 14.8 Å². The van der Waals surface area contributed by atoms with Crippen molar-refractivity contribution in [2.24, 2.45) is 0 Å². The molecule has 0 unspecified atom stereocenters. The molecule has 0 bridgehead atoms. The molecule has 21 heavy (non-hydrogen) atoms. The van der Waals surface area contributed by atoms with E-state index in [0.29, 0.717) is 12.5 Å². The van der Waals surface area contributed by atoms with E-state index in [0.717, 1.165) is 31.0 Å². The van der Waals surface area contributed by atoms with Crippen LogP contribution in [0.4, 0.5) is 0 Å². The second-order valence-electron chi connectivity index (χ2n) is 4.69. The van der Waals surface area contributed by atoms with E-state index in [1.54, 1.807) is 6.20 Å². The lowest BCUT2D eigenvalue weighted by molar-refractivity contribution is 0.339. The fourth-order valence-electron chi connectivity index (χ4n) is 1.92. The predicted molar refractivity (Wildman–Crippen MR) is 83.9 cm³/mol. The van der Waals surface area contributed by atoms with Gasteiger partial charge in [0.05, 0.1) is 6.61 Å². The van der Waals surface area contributed by atoms with Gasteiger partial charge in [-0.3, -0.25) is 0 Å². The third kappa shape index (κ3) is 5.08. The van der Waals surface area contributed by atoms with Crippen molar-refractivity contribution in [3.63, 3.8) is 0 Å². The molecule has 0 spiro atoms. The van der Waals surface area contributed by atoms with Crippen LogP contribution in [-0.4, -0.2) is 18.1 Å². The highest BCUT2D eigenvalue weighted by Crippen LogP contribution is 2.22. The number of rotatable bonds is 8. The van der Waals surface area contributed by atoms with Gasteiger partial charge in [-0.1, -0.05) is 6.92 Å². The van der Waals surface area contributed by atoms with Crippen LogP contribution in [0, 0.1) is 0 Å². The summed E-state index contributed by atoms with van der Waals surface area (Å²) >= 11 is 0. The predicted octanol–water partition coefficient (Wildman–Crippen LogP) is 3.77. The Labute approximate surface area is 126 Å². The first-order chi connectivity index (χ1) is 10.3. The van der Waals surface area contributed by atoms with Crippen LogP contribution >= 0.6 is 0 Å². The Hall–Kier alpha value is -2.07. The van der Waals surface area contributed by atoms with E-state index in [2.05, 4.69) is 17.2 Å². The summed E-state index contributed by atoms with van der Waals surface area (Å²) < 4.78 is 11.2. The fourth-order valence-corrected chi connectivity index (χ4v) is 1.92. The van der Waals surface area contributed by atoms with Gasteiger partial charge in [-0.2, -0.15) is 0 Å². The molecular formula is C17H22N2O2. The molecule has 0 atom stereocenters. The number of ether oxygens (including phenoxy) is 2. The molecule has 0 aliphatic carbocycles. The summed E-state index contributed by atoms with van der Waals surface area (Å²) in [6.07, 6.45) is 2.90. The highest BCUT2D eigenvalue weighted by molar-refractivity contribution is 5.34. The Balaban J connectivity index is 1.96. The molecule has 4 nitrogen and oxygen atoms in total. The van der Waals surface area contributed by atoms with Gasteiger partial charge in [0, 0.05) is 18.8 Å². The lowest BCUT2D eigenvalue weighted by Crippen LogP contribution is -2.13. The smallest absolute Gasteiger partial charge is 0.219 e. The normalized spacial score (nSPS) is 10.4. The van der Waals surface area contributed by atoms with Gasteiger partial charge < -0.3 is 14.8 Å². The fraction of sp³-hybridized carbons (Fsp3) is 0.353. The standard InChI is InChI=1S/C17H22N2O2/c1-3-10-18-13-14-9-11-19-17(12-14)21-16-7-5-15(6-8-16)20-4-2/h5-9,11-12,18H,3-4,10,13H2,1-2H3. The van der Waals surface area contributed by atoms with Gasteiger partial charge in [0.25, 0.3) is 0 Å². The van der Waals surface area contributed by atoms with Crippen molar-refractivity contribution >= 4 is 0 Å². The third-order valence-corrected chi connectivity index (χ3v) is 2.91. The van der Waals surface area contributed by atoms with E-state index in [4.69, 9.17) is 9.47 Å². The molecule has 0 saturated carbocycles. The molecule has 0 fully saturated rings. The minimum atomic E-state index is 0.606. The Morgan fingerprint density at radius 1 is 1.05 bits per heavy atom. The minimum Gasteiger partial charge on any atom is -0.494 e. The zero-order valence-electron chi connectivity index (χ0n) is 12.6. The summed E-state index contributed by atoms with van der Waals surface area (Å²) in [6.45, 7) is 6.62. The average molecular weight is 286 g/mol. The van der Waals surface area contributed by atoms with Gasteiger partial charge in [-0.25, -0.2) is 4.98 Å². The summed E-state index contributed by atoms with van der Waals surface area (Å²) in [5.41, 5.74) is 1.17. The van der Waals surface area contributed by atoms with Gasteiger partial charge in [-0.05, 0) is 55.8 Å². The lowest BCUT2D eigenvalue weighted by atomic mass is 10.2. The molecular weight excluding hydrogens is 264 g/mol. The highest BCUT2D eigenvalue weighted by Gasteiger charge is 2.01. The van der Waals surface area contributed by atoms with Crippen LogP contribution in [0.5, 0.6) is 17.4 Å². The van der Waals surface area contributed by atoms with Crippen LogP contribution in [-0.2, 0) is 6.54 Å². The van der Waals surface area contributed by atoms with Gasteiger partial charge in [0.2, 0.25) is 5.88 Å². The summed E-state index contributed by atoms with van der Waals surface area (Å²) in [5, 5.41) is 3.36. The monoisotopic (exact) mass is 286 g/mol. The van der Waals surface area contributed by atoms with Crippen LogP contribution in [0.15, 0.2) is 42.6 Å². The van der Waals surface area contributed by atoms with Crippen molar-refractivity contribution in [2.75, 3.05) is 13.2 Å². The summed E-state index contributed by atoms with van der Waals surface area (Å²) in [4.78, 5) is 4.24. The van der Waals surface area contributed by atoms with Crippen molar-refractivity contribution in [3.05, 3.63) is 48.2 Å². The number of nitrogens with one attached hydrogen (secondary N) is 1. The molecule has 0 radical (unpaired) electrons. The first-order valence-corrected chi connectivity index (χ1v) is 7.38. The van der Waals surface area contributed by atoms with Crippen molar-refractivity contribution in [1.82, 2.24) is 10.3 Å². The Morgan fingerprint density at radius 3 is 2.52 bits per heavy atom. The average Bonchev–Trinajstić information content (AvgIpc) is 2.50. The molecule has 112 valence electrons. The third-order valence-electron chi connectivity index (χ3n) is 2.91. The van der Waals surface area contributed by atoms with E-state index in [9.17, 15) is 0 Å². The molecule has 2 rings (SSSR count). The maximum absolute atomic E-state index is 5.76. The van der Waals surface area contributed by atoms with Crippen LogP contribution in [0.25, 0.3) is 0 Å². The van der Waals surface area contributed by atoms with Gasteiger partial charge in [0.15, 0.2) is 0 Å². The molecule has 1 aromatic heterocycles. The SMILES string of the molecule is CCCNCc1ccnc(Oc2ccc(OCC)cc2)c1. The molecule has 0 saturated heterocycles. The maximum Gasteiger partial charge on any atom is 0.219 e. The van der Waals surface area contributed by atoms with Crippen molar-refractivity contribution in [1.29, 1.82) is 0 Å². The van der Waals surface area contributed by atoms with Crippen LogP contribution in [0.3, 0.4) is 0 Å². The van der Waals surface area contributed by atoms with E-state index < -0.39 is 0 Å². The van der Waals surface area contributed by atoms with E-state index >= 15 is 0 Å². The van der Waals surface area contributed by atoms with Gasteiger partial charge in [0.1, 0.15) is 11.5 Å². The Kier molecular flexibility index (Phi) is 6.03. The van der Waals surface area contributed by atoms with Crippen LogP contribution in [0.1, 0.15) is 25.8 Å². The Bertz CT molecular complexity index is 541. The molecule has 4 heteroatoms. The zero-order chi connectivity index (χ0) is 14.9. The molecule has 0 aliphatic rings. The molecule has 1 N–H and O–H groups in total. The number of hydrogen-bond donors (Lipinski definition) is 1. The van der Waals surface area contributed by atoms with Gasteiger partial charge in [-0.15, -0.1) is 0 Å². The minimum absolute atomic E-state index is 0.606. The molecule has 1 heterocycles. The maximum atomic E-state index is 5.76. The highest BCUT2D eigenvalue weighted by atomic mass is 16.5. The first-order valence-electron chi connectivity index (χ1n) is 7.38. The molecule has 1 aromatic carbocycles. The number of pyridine rings is 1. The second-order valence-corrected chi connectivity index (χ2v) is 4.69. The van der Waals surface area contributed by atoms with E-state index in [1.165, 1.54) is 5.56 Å². The number of nitrogens with zero attached hydrogens (tertiary/aromatic N) is 1. The largest absolute Gasteiger partial charge is 0.494 e. The molecule has 2 aromatic rings. The van der Waals surface area contributed by atoms with Crippen molar-refractivity contribution in [3.8, 4) is 17.4 Å². The van der Waals surface area contributed by atoms with Crippen LogP contribution in [0.2, 0.25) is 0 Å². The second kappa shape index (κ2) is 8.27. The zero-order valence-corrected chi connectivity index (χ0v) is 12.6. The molecule has 0 aliphatic heterocycles. The van der Waals surface area contributed by atoms with E-state index in [-0.39, 0.29) is 0 Å². The summed E-state index contributed by atoms with van der Waals surface area (Å²) in [5.74, 6) is 2.20. The first kappa shape index (κ1) is 15.3. The lowest BCUT2D eigenvalue weighted by Gasteiger charge is -2.08. The van der Waals surface area contributed by atoms with Crippen molar-refractivity contribution in [2.45, 2.75) is 26.8 Å².